The van der Waals surface area contributed by atoms with Gasteiger partial charge in [-0.15, -0.1) is 0 Å². The third-order valence-electron chi connectivity index (χ3n) is 6.53. The second-order valence-electron chi connectivity index (χ2n) is 9.70. The van der Waals surface area contributed by atoms with E-state index >= 15 is 0 Å². The lowest BCUT2D eigenvalue weighted by molar-refractivity contribution is 0.0302. The monoisotopic (exact) mass is 635 g/mol. The second-order valence-corrected chi connectivity index (χ2v) is 11.0. The molecule has 2 aromatic heterocycles. The van der Waals surface area contributed by atoms with Crippen molar-refractivity contribution in [2.45, 2.75) is 13.8 Å². The number of benzene rings is 2. The van der Waals surface area contributed by atoms with Gasteiger partial charge >= 0.3 is 0 Å². The fourth-order valence-corrected chi connectivity index (χ4v) is 5.07. The molecule has 5 rings (SSSR count). The summed E-state index contributed by atoms with van der Waals surface area (Å²) in [5.74, 6) is 0.771. The van der Waals surface area contributed by atoms with Crippen LogP contribution in [0.2, 0.25) is 15.1 Å². The molecule has 0 aliphatic carbocycles. The molecule has 0 saturated carbocycles. The van der Waals surface area contributed by atoms with Crippen LogP contribution in [0, 0.1) is 13.8 Å². The van der Waals surface area contributed by atoms with E-state index in [1.807, 2.05) is 104 Å². The van der Waals surface area contributed by atoms with Crippen LogP contribution < -0.4 is 4.74 Å². The maximum absolute atomic E-state index is 12.8. The van der Waals surface area contributed by atoms with Crippen molar-refractivity contribution in [2.24, 2.45) is 0 Å². The van der Waals surface area contributed by atoms with Crippen molar-refractivity contribution in [3.05, 3.63) is 121 Å². The van der Waals surface area contributed by atoms with Gasteiger partial charge < -0.3 is 14.4 Å². The van der Waals surface area contributed by atoms with Crippen LogP contribution in [0.15, 0.2) is 66.7 Å². The van der Waals surface area contributed by atoms with Crippen LogP contribution in [0.4, 0.5) is 0 Å². The molecular weight excluding hydrogens is 605 g/mol. The molecule has 222 valence electrons. The van der Waals surface area contributed by atoms with E-state index in [1.165, 1.54) is 0 Å². The van der Waals surface area contributed by atoms with Crippen molar-refractivity contribution in [2.75, 3.05) is 33.4 Å². The zero-order valence-corrected chi connectivity index (χ0v) is 26.5. The second kappa shape index (κ2) is 15.7. The molecule has 0 unspecified atom stereocenters. The van der Waals surface area contributed by atoms with E-state index in [0.29, 0.717) is 52.6 Å². The van der Waals surface area contributed by atoms with Gasteiger partial charge in [-0.3, -0.25) is 9.78 Å². The lowest BCUT2D eigenvalue weighted by atomic mass is 10.1. The number of morpholine rings is 1. The van der Waals surface area contributed by atoms with Crippen molar-refractivity contribution < 1.29 is 14.3 Å². The first-order valence-electron chi connectivity index (χ1n) is 13.7. The minimum atomic E-state index is -0.00962. The van der Waals surface area contributed by atoms with E-state index in [1.54, 1.807) is 13.2 Å². The van der Waals surface area contributed by atoms with Gasteiger partial charge in [-0.25, -0.2) is 4.98 Å². The topological polar surface area (TPSA) is 64.5 Å². The number of halogens is 3. The largest absolute Gasteiger partial charge is 0.495 e. The van der Waals surface area contributed by atoms with E-state index in [4.69, 9.17) is 44.3 Å². The minimum absolute atomic E-state index is 0.00962. The molecule has 0 atom stereocenters. The van der Waals surface area contributed by atoms with E-state index in [9.17, 15) is 4.79 Å². The lowest BCUT2D eigenvalue weighted by Gasteiger charge is -2.27. The quantitative estimate of drug-likeness (QED) is 0.212. The number of hydrogen-bond acceptors (Lipinski definition) is 5. The number of carbonyl (C=O) groups is 1. The lowest BCUT2D eigenvalue weighted by Crippen LogP contribution is -2.41. The van der Waals surface area contributed by atoms with E-state index in [-0.39, 0.29) is 5.91 Å². The maximum Gasteiger partial charge on any atom is 0.256 e. The standard InChI is InChI=1S/C19H19ClN2O2.C15H13Cl2NO/c1-14-6-8-16(19(23)22-10-12-24-13-11-22)18(21-14)9-7-15-4-2-3-5-17(15)20;1-10-15(19-2)6-5-14(18-10)4-3-11-7-12(16)9-13(17)8-11/h2-9H,10-13H2,1H3;3-9H,1-2H3. The molecule has 2 aromatic carbocycles. The van der Waals surface area contributed by atoms with Gasteiger partial charge in [0.05, 0.1) is 43.0 Å². The van der Waals surface area contributed by atoms with E-state index < -0.39 is 0 Å². The maximum atomic E-state index is 12.8. The number of carbonyl (C=O) groups excluding carboxylic acids is 1. The van der Waals surface area contributed by atoms with Crippen molar-refractivity contribution in [3.63, 3.8) is 0 Å². The summed E-state index contributed by atoms with van der Waals surface area (Å²) in [6.07, 6.45) is 7.57. The third kappa shape index (κ3) is 9.40. The molecule has 0 N–H and O–H groups in total. The SMILES string of the molecule is COc1ccc(C=Cc2cc(Cl)cc(Cl)c2)nc1C.Cc1ccc(C(=O)N2CCOCC2)c(C=Cc2ccccc2Cl)n1. The number of amides is 1. The Morgan fingerprint density at radius 2 is 1.58 bits per heavy atom. The van der Waals surface area contributed by atoms with Crippen molar-refractivity contribution in [1.82, 2.24) is 14.9 Å². The number of nitrogens with zero attached hydrogens (tertiary/aromatic N) is 3. The molecule has 1 amide bonds. The summed E-state index contributed by atoms with van der Waals surface area (Å²) in [4.78, 5) is 23.5. The predicted octanol–water partition coefficient (Wildman–Crippen LogP) is 8.56. The molecule has 1 fully saturated rings. The van der Waals surface area contributed by atoms with Crippen molar-refractivity contribution in [3.8, 4) is 5.75 Å². The molecule has 0 spiro atoms. The predicted molar refractivity (Wildman–Crippen MR) is 177 cm³/mol. The van der Waals surface area contributed by atoms with Crippen LogP contribution in [0.25, 0.3) is 24.3 Å². The Bertz CT molecular complexity index is 1610. The fourth-order valence-electron chi connectivity index (χ4n) is 4.33. The van der Waals surface area contributed by atoms with Crippen LogP contribution in [-0.4, -0.2) is 54.2 Å². The number of ether oxygens (including phenoxy) is 2. The first-order chi connectivity index (χ1) is 20.7. The molecule has 1 saturated heterocycles. The molecule has 3 heterocycles. The molecule has 43 heavy (non-hydrogen) atoms. The smallest absolute Gasteiger partial charge is 0.256 e. The van der Waals surface area contributed by atoms with Gasteiger partial charge in [0.15, 0.2) is 0 Å². The Morgan fingerprint density at radius 1 is 0.860 bits per heavy atom. The molecule has 6 nitrogen and oxygen atoms in total. The summed E-state index contributed by atoms with van der Waals surface area (Å²) >= 11 is 18.1. The van der Waals surface area contributed by atoms with Crippen LogP contribution in [0.3, 0.4) is 0 Å². The summed E-state index contributed by atoms with van der Waals surface area (Å²) in [6, 6.07) is 20.5. The van der Waals surface area contributed by atoms with Crippen LogP contribution in [0.5, 0.6) is 5.75 Å². The number of hydrogen-bond donors (Lipinski definition) is 0. The average Bonchev–Trinajstić information content (AvgIpc) is 3.00. The summed E-state index contributed by atoms with van der Waals surface area (Å²) in [5, 5.41) is 1.90. The molecular formula is C34H32Cl3N3O3. The molecule has 1 aliphatic heterocycles. The normalized spacial score (nSPS) is 13.2. The van der Waals surface area contributed by atoms with E-state index in [0.717, 1.165) is 34.0 Å². The van der Waals surface area contributed by atoms with Crippen LogP contribution in [0.1, 0.15) is 44.3 Å². The van der Waals surface area contributed by atoms with Gasteiger partial charge in [-0.2, -0.15) is 0 Å². The minimum Gasteiger partial charge on any atom is -0.495 e. The first-order valence-corrected chi connectivity index (χ1v) is 14.8. The van der Waals surface area contributed by atoms with Crippen LogP contribution in [-0.2, 0) is 4.74 Å². The number of aromatic nitrogens is 2. The highest BCUT2D eigenvalue weighted by molar-refractivity contribution is 6.34. The summed E-state index contributed by atoms with van der Waals surface area (Å²) < 4.78 is 10.5. The zero-order chi connectivity index (χ0) is 30.8. The third-order valence-corrected chi connectivity index (χ3v) is 7.31. The van der Waals surface area contributed by atoms with E-state index in [2.05, 4.69) is 9.97 Å². The summed E-state index contributed by atoms with van der Waals surface area (Å²) in [7, 11) is 1.63. The Balaban J connectivity index is 0.000000203. The van der Waals surface area contributed by atoms with Crippen molar-refractivity contribution in [1.29, 1.82) is 0 Å². The highest BCUT2D eigenvalue weighted by Gasteiger charge is 2.21. The zero-order valence-electron chi connectivity index (χ0n) is 24.2. The number of aryl methyl sites for hydroxylation is 2. The van der Waals surface area contributed by atoms with Gasteiger partial charge in [0.1, 0.15) is 5.75 Å². The molecule has 4 aromatic rings. The molecule has 9 heteroatoms. The fraction of sp³-hybridized carbons (Fsp3) is 0.206. The Kier molecular flexibility index (Phi) is 11.8. The molecule has 0 bridgehead atoms. The number of rotatable bonds is 6. The first kappa shape index (κ1) is 32.2. The van der Waals surface area contributed by atoms with Crippen LogP contribution >= 0.6 is 34.8 Å². The summed E-state index contributed by atoms with van der Waals surface area (Å²) in [5.41, 5.74) is 5.67. The average molecular weight is 637 g/mol. The van der Waals surface area contributed by atoms with Gasteiger partial charge in [-0.05, 0) is 85.7 Å². The Hall–Kier alpha value is -3.68. The van der Waals surface area contributed by atoms with Crippen molar-refractivity contribution >= 4 is 65.0 Å². The number of pyridine rings is 2. The highest BCUT2D eigenvalue weighted by atomic mass is 35.5. The van der Waals surface area contributed by atoms with Gasteiger partial charge in [0.2, 0.25) is 0 Å². The highest BCUT2D eigenvalue weighted by Crippen LogP contribution is 2.22. The van der Waals surface area contributed by atoms with Gasteiger partial charge in [0, 0.05) is 33.9 Å². The molecule has 1 aliphatic rings. The summed E-state index contributed by atoms with van der Waals surface area (Å²) in [6.45, 7) is 6.20. The molecule has 0 radical (unpaired) electrons. The Labute approximate surface area is 267 Å². The van der Waals surface area contributed by atoms with Gasteiger partial charge in [0.25, 0.3) is 5.91 Å². The van der Waals surface area contributed by atoms with Gasteiger partial charge in [-0.1, -0.05) is 65.2 Å². The number of methoxy groups -OCH3 is 1. The Morgan fingerprint density at radius 3 is 2.26 bits per heavy atom.